The predicted octanol–water partition coefficient (Wildman–Crippen LogP) is 2.11. The molecule has 1 N–H and O–H groups in total. The first-order valence-corrected chi connectivity index (χ1v) is 4.44. The minimum atomic E-state index is 0.888. The molecule has 0 atom stereocenters. The van der Waals surface area contributed by atoms with Gasteiger partial charge >= 0.3 is 0 Å². The minimum absolute atomic E-state index is 0.888. The summed E-state index contributed by atoms with van der Waals surface area (Å²) in [5.41, 5.74) is 2.05. The molecule has 0 saturated heterocycles. The zero-order valence-corrected chi connectivity index (χ0v) is 7.55. The fraction of sp³-hybridized carbons (Fsp3) is 0.667. The maximum atomic E-state index is 5.04. The van der Waals surface area contributed by atoms with Crippen LogP contribution in [-0.4, -0.2) is 11.7 Å². The van der Waals surface area contributed by atoms with Gasteiger partial charge in [0, 0.05) is 6.54 Å². The van der Waals surface area contributed by atoms with Crippen LogP contribution in [0, 0.1) is 19.8 Å². The predicted molar refractivity (Wildman–Crippen MR) is 47.2 cm³/mol. The number of aromatic nitrogens is 1. The summed E-state index contributed by atoms with van der Waals surface area (Å²) in [6, 6.07) is 0. The van der Waals surface area contributed by atoms with E-state index in [9.17, 15) is 0 Å². The first-order valence-electron chi connectivity index (χ1n) is 4.44. The monoisotopic (exact) mass is 166 g/mol. The summed E-state index contributed by atoms with van der Waals surface area (Å²) in [5.74, 6) is 1.78. The quantitative estimate of drug-likeness (QED) is 0.747. The van der Waals surface area contributed by atoms with Crippen LogP contribution < -0.4 is 5.32 Å². The van der Waals surface area contributed by atoms with Gasteiger partial charge in [0.25, 0.3) is 0 Å². The first kappa shape index (κ1) is 7.65. The number of nitrogens with zero attached hydrogens (tertiary/aromatic N) is 1. The second-order valence-corrected chi connectivity index (χ2v) is 3.52. The summed E-state index contributed by atoms with van der Waals surface area (Å²) in [7, 11) is 0. The summed E-state index contributed by atoms with van der Waals surface area (Å²) in [6.45, 7) is 4.98. The van der Waals surface area contributed by atoms with Gasteiger partial charge in [-0.1, -0.05) is 5.16 Å². The van der Waals surface area contributed by atoms with Crippen molar-refractivity contribution in [2.24, 2.45) is 5.92 Å². The van der Waals surface area contributed by atoms with Crippen molar-refractivity contribution in [1.29, 1.82) is 0 Å². The molecule has 1 heterocycles. The Balaban J connectivity index is 1.99. The minimum Gasteiger partial charge on any atom is -0.380 e. The Hall–Kier alpha value is -0.990. The molecule has 3 heteroatoms. The second-order valence-electron chi connectivity index (χ2n) is 3.52. The largest absolute Gasteiger partial charge is 0.380 e. The van der Waals surface area contributed by atoms with Crippen LogP contribution in [0.5, 0.6) is 0 Å². The van der Waals surface area contributed by atoms with Crippen molar-refractivity contribution in [3.8, 4) is 0 Å². The SMILES string of the molecule is Cc1noc(C)c1NCC1CC1. The molecular weight excluding hydrogens is 152 g/mol. The zero-order chi connectivity index (χ0) is 8.55. The van der Waals surface area contributed by atoms with E-state index in [2.05, 4.69) is 10.5 Å². The van der Waals surface area contributed by atoms with Crippen molar-refractivity contribution in [3.63, 3.8) is 0 Å². The maximum absolute atomic E-state index is 5.04. The van der Waals surface area contributed by atoms with Gasteiger partial charge in [0.1, 0.15) is 11.4 Å². The highest BCUT2D eigenvalue weighted by atomic mass is 16.5. The molecule has 0 spiro atoms. The van der Waals surface area contributed by atoms with Crippen LogP contribution in [0.1, 0.15) is 24.3 Å². The van der Waals surface area contributed by atoms with E-state index >= 15 is 0 Å². The van der Waals surface area contributed by atoms with E-state index in [0.29, 0.717) is 0 Å². The normalized spacial score (nSPS) is 16.5. The number of rotatable bonds is 3. The molecule has 3 nitrogen and oxygen atoms in total. The highest BCUT2D eigenvalue weighted by molar-refractivity contribution is 5.49. The Kier molecular flexibility index (Phi) is 1.79. The summed E-state index contributed by atoms with van der Waals surface area (Å²) in [6.07, 6.45) is 2.74. The van der Waals surface area contributed by atoms with Gasteiger partial charge in [-0.2, -0.15) is 0 Å². The molecule has 66 valence electrons. The standard InChI is InChI=1S/C9H14N2O/c1-6-9(7(2)12-11-6)10-5-8-3-4-8/h8,10H,3-5H2,1-2H3. The highest BCUT2D eigenvalue weighted by Gasteiger charge is 2.21. The van der Waals surface area contributed by atoms with E-state index in [1.807, 2.05) is 13.8 Å². The van der Waals surface area contributed by atoms with Crippen molar-refractivity contribution in [2.45, 2.75) is 26.7 Å². The molecule has 1 aliphatic rings. The molecule has 0 radical (unpaired) electrons. The third-order valence-corrected chi connectivity index (χ3v) is 2.30. The van der Waals surface area contributed by atoms with E-state index in [1.54, 1.807) is 0 Å². The molecule has 0 bridgehead atoms. The van der Waals surface area contributed by atoms with Crippen molar-refractivity contribution < 1.29 is 4.52 Å². The van der Waals surface area contributed by atoms with Gasteiger partial charge in [0.05, 0.1) is 0 Å². The molecule has 1 fully saturated rings. The summed E-state index contributed by atoms with van der Waals surface area (Å²) in [5, 5.41) is 7.24. The molecule has 1 aliphatic carbocycles. The average Bonchev–Trinajstić information content (AvgIpc) is 2.80. The van der Waals surface area contributed by atoms with Crippen molar-refractivity contribution in [2.75, 3.05) is 11.9 Å². The smallest absolute Gasteiger partial charge is 0.156 e. The van der Waals surface area contributed by atoms with Gasteiger partial charge in [-0.05, 0) is 32.6 Å². The van der Waals surface area contributed by atoms with E-state index in [1.165, 1.54) is 12.8 Å². The van der Waals surface area contributed by atoms with E-state index in [0.717, 1.165) is 29.6 Å². The molecule has 0 aliphatic heterocycles. The van der Waals surface area contributed by atoms with Crippen molar-refractivity contribution >= 4 is 5.69 Å². The molecule has 0 aromatic carbocycles. The Morgan fingerprint density at radius 1 is 1.50 bits per heavy atom. The Morgan fingerprint density at radius 3 is 2.75 bits per heavy atom. The van der Waals surface area contributed by atoms with Crippen LogP contribution in [0.25, 0.3) is 0 Å². The van der Waals surface area contributed by atoms with E-state index in [4.69, 9.17) is 4.52 Å². The van der Waals surface area contributed by atoms with Crippen LogP contribution in [0.4, 0.5) is 5.69 Å². The van der Waals surface area contributed by atoms with Gasteiger partial charge < -0.3 is 9.84 Å². The summed E-state index contributed by atoms with van der Waals surface area (Å²) in [4.78, 5) is 0. The number of anilines is 1. The highest BCUT2D eigenvalue weighted by Crippen LogP contribution is 2.30. The van der Waals surface area contributed by atoms with Gasteiger partial charge in [-0.25, -0.2) is 0 Å². The average molecular weight is 166 g/mol. The van der Waals surface area contributed by atoms with Crippen LogP contribution in [-0.2, 0) is 0 Å². The van der Waals surface area contributed by atoms with Gasteiger partial charge in [-0.15, -0.1) is 0 Å². The van der Waals surface area contributed by atoms with Gasteiger partial charge in [0.15, 0.2) is 5.76 Å². The fourth-order valence-electron chi connectivity index (χ4n) is 1.30. The lowest BCUT2D eigenvalue weighted by Crippen LogP contribution is -2.04. The van der Waals surface area contributed by atoms with Crippen LogP contribution in [0.2, 0.25) is 0 Å². The molecule has 0 unspecified atom stereocenters. The molecule has 12 heavy (non-hydrogen) atoms. The van der Waals surface area contributed by atoms with Crippen molar-refractivity contribution in [1.82, 2.24) is 5.16 Å². The lowest BCUT2D eigenvalue weighted by atomic mass is 10.3. The van der Waals surface area contributed by atoms with Crippen molar-refractivity contribution in [3.05, 3.63) is 11.5 Å². The molecule has 1 saturated carbocycles. The Labute approximate surface area is 72.1 Å². The Bertz CT molecular complexity index is 257. The number of hydrogen-bond donors (Lipinski definition) is 1. The molecule has 1 aromatic heterocycles. The first-order chi connectivity index (χ1) is 5.77. The third kappa shape index (κ3) is 1.44. The van der Waals surface area contributed by atoms with Gasteiger partial charge in [-0.3, -0.25) is 0 Å². The Morgan fingerprint density at radius 2 is 2.25 bits per heavy atom. The lowest BCUT2D eigenvalue weighted by molar-refractivity contribution is 0.393. The fourth-order valence-corrected chi connectivity index (χ4v) is 1.30. The molecule has 0 amide bonds. The number of nitrogens with one attached hydrogen (secondary N) is 1. The third-order valence-electron chi connectivity index (χ3n) is 2.30. The zero-order valence-electron chi connectivity index (χ0n) is 7.55. The van der Waals surface area contributed by atoms with Gasteiger partial charge in [0.2, 0.25) is 0 Å². The van der Waals surface area contributed by atoms with Crippen LogP contribution >= 0.6 is 0 Å². The summed E-state index contributed by atoms with van der Waals surface area (Å²) < 4.78 is 5.04. The molecule has 1 aromatic rings. The number of aryl methyl sites for hydroxylation is 2. The van der Waals surface area contributed by atoms with E-state index < -0.39 is 0 Å². The van der Waals surface area contributed by atoms with Crippen LogP contribution in [0.3, 0.4) is 0 Å². The second kappa shape index (κ2) is 2.81. The molecular formula is C9H14N2O. The number of hydrogen-bond acceptors (Lipinski definition) is 3. The maximum Gasteiger partial charge on any atom is 0.156 e. The summed E-state index contributed by atoms with van der Waals surface area (Å²) >= 11 is 0. The van der Waals surface area contributed by atoms with E-state index in [-0.39, 0.29) is 0 Å². The lowest BCUT2D eigenvalue weighted by Gasteiger charge is -2.02. The topological polar surface area (TPSA) is 38.1 Å². The van der Waals surface area contributed by atoms with Crippen LogP contribution in [0.15, 0.2) is 4.52 Å². The molecule has 2 rings (SSSR count).